The summed E-state index contributed by atoms with van der Waals surface area (Å²) in [6.45, 7) is 4.05. The van der Waals surface area contributed by atoms with E-state index in [0.29, 0.717) is 0 Å². The number of carbonyl (C=O) groups is 1. The fourth-order valence-electron chi connectivity index (χ4n) is 1.58. The first kappa shape index (κ1) is 11.2. The van der Waals surface area contributed by atoms with Crippen LogP contribution in [0.15, 0.2) is 24.4 Å². The van der Waals surface area contributed by atoms with Crippen molar-refractivity contribution in [2.24, 2.45) is 5.73 Å². The molecule has 0 saturated carbocycles. The smallest absolute Gasteiger partial charge is 0.271 e. The van der Waals surface area contributed by atoms with E-state index in [0.717, 1.165) is 11.3 Å². The summed E-state index contributed by atoms with van der Waals surface area (Å²) in [6.07, 6.45) is 1.59. The van der Waals surface area contributed by atoms with E-state index in [4.69, 9.17) is 11.5 Å². The quantitative estimate of drug-likeness (QED) is 0.811. The van der Waals surface area contributed by atoms with E-state index in [1.165, 1.54) is 5.56 Å². The first-order valence-corrected chi connectivity index (χ1v) is 5.21. The fraction of sp³-hybridized carbons (Fsp3) is 0.167. The summed E-state index contributed by atoms with van der Waals surface area (Å²) in [5.41, 5.74) is 14.4. The van der Waals surface area contributed by atoms with Crippen LogP contribution in [0.5, 0.6) is 0 Å². The van der Waals surface area contributed by atoms with Gasteiger partial charge in [-0.3, -0.25) is 4.79 Å². The Hall–Kier alpha value is -2.30. The van der Waals surface area contributed by atoms with Crippen molar-refractivity contribution in [2.75, 3.05) is 5.73 Å². The number of hydrogen-bond acceptors (Lipinski definition) is 3. The lowest BCUT2D eigenvalue weighted by Gasteiger charge is -2.04. The van der Waals surface area contributed by atoms with Gasteiger partial charge in [-0.1, -0.05) is 6.07 Å². The van der Waals surface area contributed by atoms with Gasteiger partial charge in [-0.25, -0.2) is 4.68 Å². The third-order valence-corrected chi connectivity index (χ3v) is 2.73. The molecule has 0 aliphatic carbocycles. The monoisotopic (exact) mass is 230 g/mol. The second kappa shape index (κ2) is 3.93. The zero-order valence-electron chi connectivity index (χ0n) is 9.77. The first-order chi connectivity index (χ1) is 7.99. The van der Waals surface area contributed by atoms with Crippen molar-refractivity contribution in [1.82, 2.24) is 9.78 Å². The average molecular weight is 230 g/mol. The van der Waals surface area contributed by atoms with Crippen LogP contribution < -0.4 is 11.5 Å². The summed E-state index contributed by atoms with van der Waals surface area (Å²) in [7, 11) is 0. The number of amides is 1. The number of aromatic nitrogens is 2. The number of primary amides is 1. The van der Waals surface area contributed by atoms with Gasteiger partial charge < -0.3 is 11.5 Å². The van der Waals surface area contributed by atoms with E-state index < -0.39 is 5.91 Å². The van der Waals surface area contributed by atoms with Crippen LogP contribution in [-0.4, -0.2) is 15.7 Å². The van der Waals surface area contributed by atoms with Crippen molar-refractivity contribution in [3.8, 4) is 5.69 Å². The highest BCUT2D eigenvalue weighted by atomic mass is 16.1. The highest BCUT2D eigenvalue weighted by Gasteiger charge is 2.12. The molecule has 5 heteroatoms. The number of hydrogen-bond donors (Lipinski definition) is 2. The number of benzene rings is 1. The van der Waals surface area contributed by atoms with Crippen LogP contribution in [0.4, 0.5) is 5.69 Å². The Morgan fingerprint density at radius 2 is 2.00 bits per heavy atom. The van der Waals surface area contributed by atoms with E-state index in [2.05, 4.69) is 5.10 Å². The van der Waals surface area contributed by atoms with Gasteiger partial charge in [-0.05, 0) is 37.1 Å². The summed E-state index contributed by atoms with van der Waals surface area (Å²) >= 11 is 0. The van der Waals surface area contributed by atoms with Crippen molar-refractivity contribution in [3.05, 3.63) is 41.2 Å². The zero-order valence-corrected chi connectivity index (χ0v) is 9.77. The van der Waals surface area contributed by atoms with Crippen molar-refractivity contribution >= 4 is 11.6 Å². The van der Waals surface area contributed by atoms with Crippen molar-refractivity contribution in [3.63, 3.8) is 0 Å². The molecule has 1 amide bonds. The fourth-order valence-corrected chi connectivity index (χ4v) is 1.58. The van der Waals surface area contributed by atoms with E-state index in [1.807, 2.05) is 32.0 Å². The molecule has 5 nitrogen and oxygen atoms in total. The van der Waals surface area contributed by atoms with Crippen LogP contribution >= 0.6 is 0 Å². The molecule has 4 N–H and O–H groups in total. The Morgan fingerprint density at radius 1 is 1.29 bits per heavy atom. The zero-order chi connectivity index (χ0) is 12.6. The van der Waals surface area contributed by atoms with Gasteiger partial charge in [0.1, 0.15) is 0 Å². The van der Waals surface area contributed by atoms with Crippen LogP contribution in [0.25, 0.3) is 5.69 Å². The molecule has 2 aromatic rings. The molecule has 0 aliphatic rings. The van der Waals surface area contributed by atoms with Crippen LogP contribution in [0.2, 0.25) is 0 Å². The molecule has 1 aromatic heterocycles. The van der Waals surface area contributed by atoms with Crippen molar-refractivity contribution < 1.29 is 4.79 Å². The largest absolute Gasteiger partial charge is 0.396 e. The second-order valence-corrected chi connectivity index (χ2v) is 4.01. The molecular weight excluding hydrogens is 216 g/mol. The number of rotatable bonds is 2. The molecule has 0 saturated heterocycles. The lowest BCUT2D eigenvalue weighted by atomic mass is 10.1. The maximum Gasteiger partial charge on any atom is 0.271 e. The number of nitrogens with two attached hydrogens (primary N) is 2. The minimum atomic E-state index is -0.620. The Bertz CT molecular complexity index is 586. The van der Waals surface area contributed by atoms with E-state index in [9.17, 15) is 4.79 Å². The first-order valence-electron chi connectivity index (χ1n) is 5.21. The molecule has 1 heterocycles. The van der Waals surface area contributed by atoms with Gasteiger partial charge in [0.2, 0.25) is 0 Å². The predicted octanol–water partition coefficient (Wildman–Crippen LogP) is 1.17. The van der Waals surface area contributed by atoms with Crippen LogP contribution in [-0.2, 0) is 0 Å². The van der Waals surface area contributed by atoms with Crippen molar-refractivity contribution in [1.29, 1.82) is 0 Å². The van der Waals surface area contributed by atoms with Gasteiger partial charge in [0.15, 0.2) is 5.69 Å². The Balaban J connectivity index is 2.50. The Labute approximate surface area is 99.0 Å². The van der Waals surface area contributed by atoms with E-state index in [1.54, 1.807) is 10.9 Å². The minimum Gasteiger partial charge on any atom is -0.396 e. The van der Waals surface area contributed by atoms with E-state index >= 15 is 0 Å². The lowest BCUT2D eigenvalue weighted by Crippen LogP contribution is -2.14. The lowest BCUT2D eigenvalue weighted by molar-refractivity contribution is 0.0996. The van der Waals surface area contributed by atoms with Gasteiger partial charge in [0, 0.05) is 0 Å². The molecule has 0 radical (unpaired) electrons. The average Bonchev–Trinajstić information content (AvgIpc) is 2.64. The number of carbonyl (C=O) groups excluding carboxylic acids is 1. The highest BCUT2D eigenvalue weighted by Crippen LogP contribution is 2.16. The number of nitrogens with zero attached hydrogens (tertiary/aromatic N) is 2. The summed E-state index contributed by atoms with van der Waals surface area (Å²) in [5.74, 6) is -0.620. The molecular formula is C12H14N4O. The molecule has 17 heavy (non-hydrogen) atoms. The van der Waals surface area contributed by atoms with Gasteiger partial charge in [-0.2, -0.15) is 5.10 Å². The number of anilines is 1. The third-order valence-electron chi connectivity index (χ3n) is 2.73. The normalized spacial score (nSPS) is 10.5. The maximum atomic E-state index is 11.1. The Kier molecular flexibility index (Phi) is 2.59. The molecule has 0 unspecified atom stereocenters. The maximum absolute atomic E-state index is 11.1. The van der Waals surface area contributed by atoms with Gasteiger partial charge in [-0.15, -0.1) is 0 Å². The molecule has 0 spiro atoms. The molecule has 1 aromatic carbocycles. The van der Waals surface area contributed by atoms with Crippen molar-refractivity contribution in [2.45, 2.75) is 13.8 Å². The molecule has 0 bridgehead atoms. The van der Waals surface area contributed by atoms with Crippen LogP contribution in [0.3, 0.4) is 0 Å². The molecule has 2 rings (SSSR count). The predicted molar refractivity (Wildman–Crippen MR) is 66.0 cm³/mol. The van der Waals surface area contributed by atoms with Gasteiger partial charge >= 0.3 is 0 Å². The second-order valence-electron chi connectivity index (χ2n) is 4.01. The molecule has 0 atom stereocenters. The summed E-state index contributed by atoms with van der Waals surface area (Å²) in [5, 5.41) is 4.07. The summed E-state index contributed by atoms with van der Waals surface area (Å²) in [4.78, 5) is 11.1. The molecule has 0 aliphatic heterocycles. The Morgan fingerprint density at radius 3 is 2.53 bits per heavy atom. The standard InChI is InChI=1S/C12H14N4O/c1-7-3-4-9(5-8(7)2)16-6-10(13)11(15-16)12(14)17/h3-6H,13H2,1-2H3,(H2,14,17). The SMILES string of the molecule is Cc1ccc(-n2cc(N)c(C(N)=O)n2)cc1C. The minimum absolute atomic E-state index is 0.100. The summed E-state index contributed by atoms with van der Waals surface area (Å²) < 4.78 is 1.56. The third kappa shape index (κ3) is 1.99. The highest BCUT2D eigenvalue weighted by molar-refractivity contribution is 5.95. The van der Waals surface area contributed by atoms with Gasteiger partial charge in [0.25, 0.3) is 5.91 Å². The number of aryl methyl sites for hydroxylation is 2. The molecule has 88 valence electrons. The van der Waals surface area contributed by atoms with Crippen LogP contribution in [0, 0.1) is 13.8 Å². The number of nitrogen functional groups attached to an aromatic ring is 1. The van der Waals surface area contributed by atoms with E-state index in [-0.39, 0.29) is 11.4 Å². The van der Waals surface area contributed by atoms with Crippen LogP contribution in [0.1, 0.15) is 21.6 Å². The van der Waals surface area contributed by atoms with Gasteiger partial charge in [0.05, 0.1) is 17.6 Å². The molecule has 0 fully saturated rings. The topological polar surface area (TPSA) is 86.9 Å². The summed E-state index contributed by atoms with van der Waals surface area (Å²) in [6, 6.07) is 5.89.